The van der Waals surface area contributed by atoms with Gasteiger partial charge in [-0.25, -0.2) is 4.79 Å². The van der Waals surface area contributed by atoms with Gasteiger partial charge in [0.1, 0.15) is 6.61 Å². The van der Waals surface area contributed by atoms with Crippen molar-refractivity contribution in [2.24, 2.45) is 0 Å². The van der Waals surface area contributed by atoms with E-state index in [1.807, 2.05) is 0 Å². The summed E-state index contributed by atoms with van der Waals surface area (Å²) in [7, 11) is 0. The summed E-state index contributed by atoms with van der Waals surface area (Å²) in [5.41, 5.74) is 1.14. The zero-order chi connectivity index (χ0) is 14.4. The molecule has 20 heavy (non-hydrogen) atoms. The van der Waals surface area contributed by atoms with E-state index in [9.17, 15) is 9.59 Å². The number of carbonyl (C=O) groups excluding carboxylic acids is 2. The maximum absolute atomic E-state index is 11.7. The highest BCUT2D eigenvalue weighted by molar-refractivity contribution is 5.96. The molecule has 0 radical (unpaired) electrons. The molecule has 2 N–H and O–H groups in total. The van der Waals surface area contributed by atoms with Gasteiger partial charge in [0.15, 0.2) is 5.78 Å². The molecule has 0 bridgehead atoms. The largest absolute Gasteiger partial charge is 0.448 e. The van der Waals surface area contributed by atoms with E-state index in [1.165, 1.54) is 19.8 Å². The summed E-state index contributed by atoms with van der Waals surface area (Å²) < 4.78 is 5.19. The zero-order valence-corrected chi connectivity index (χ0v) is 11.6. The minimum absolute atomic E-state index is 0.0339. The Morgan fingerprint density at radius 2 is 2.25 bits per heavy atom. The lowest BCUT2D eigenvalue weighted by Gasteiger charge is -2.22. The average Bonchev–Trinajstić information content (AvgIpc) is 2.46. The van der Waals surface area contributed by atoms with Gasteiger partial charge in [0.05, 0.1) is 0 Å². The summed E-state index contributed by atoms with van der Waals surface area (Å²) in [6.45, 7) is 2.85. The summed E-state index contributed by atoms with van der Waals surface area (Å²) in [5, 5.41) is 5.95. The maximum Gasteiger partial charge on any atom is 0.411 e. The van der Waals surface area contributed by atoms with Crippen molar-refractivity contribution in [3.05, 3.63) is 29.8 Å². The minimum Gasteiger partial charge on any atom is -0.448 e. The van der Waals surface area contributed by atoms with Crippen LogP contribution in [0, 0.1) is 0 Å². The van der Waals surface area contributed by atoms with Gasteiger partial charge in [0, 0.05) is 17.3 Å². The normalized spacial score (nSPS) is 18.4. The Bertz CT molecular complexity index is 482. The third kappa shape index (κ3) is 4.35. The van der Waals surface area contributed by atoms with E-state index in [4.69, 9.17) is 4.74 Å². The number of nitrogens with one attached hydrogen (secondary N) is 2. The standard InChI is InChI=1S/C15H20N2O3/c1-11(18)12-5-4-7-13(9-12)17-15(19)20-10-14-6-2-3-8-16-14/h4-5,7,9,14,16H,2-3,6,8,10H2,1H3,(H,17,19). The Kier molecular flexibility index (Phi) is 5.12. The summed E-state index contributed by atoms with van der Waals surface area (Å²) in [6.07, 6.45) is 2.90. The van der Waals surface area contributed by atoms with E-state index < -0.39 is 6.09 Å². The second-order valence-electron chi connectivity index (χ2n) is 5.01. The van der Waals surface area contributed by atoms with Gasteiger partial charge in [-0.05, 0) is 38.4 Å². The van der Waals surface area contributed by atoms with Crippen molar-refractivity contribution in [2.75, 3.05) is 18.5 Å². The molecule has 0 spiro atoms. The SMILES string of the molecule is CC(=O)c1cccc(NC(=O)OCC2CCCCN2)c1. The fraction of sp³-hybridized carbons (Fsp3) is 0.467. The van der Waals surface area contributed by atoms with Crippen LogP contribution < -0.4 is 10.6 Å². The van der Waals surface area contributed by atoms with E-state index in [0.29, 0.717) is 17.9 Å². The van der Waals surface area contributed by atoms with Gasteiger partial charge < -0.3 is 10.1 Å². The Hall–Kier alpha value is -1.88. The third-order valence-corrected chi connectivity index (χ3v) is 3.34. The number of hydrogen-bond acceptors (Lipinski definition) is 4. The van der Waals surface area contributed by atoms with Gasteiger partial charge in [0.25, 0.3) is 0 Å². The number of benzene rings is 1. The molecule has 1 aliphatic heterocycles. The topological polar surface area (TPSA) is 67.4 Å². The Morgan fingerprint density at radius 3 is 2.95 bits per heavy atom. The van der Waals surface area contributed by atoms with Crippen molar-refractivity contribution < 1.29 is 14.3 Å². The lowest BCUT2D eigenvalue weighted by atomic mass is 10.1. The number of anilines is 1. The number of ketones is 1. The minimum atomic E-state index is -0.488. The van der Waals surface area contributed by atoms with E-state index >= 15 is 0 Å². The Balaban J connectivity index is 1.81. The Labute approximate surface area is 118 Å². The van der Waals surface area contributed by atoms with E-state index in [-0.39, 0.29) is 11.8 Å². The van der Waals surface area contributed by atoms with Gasteiger partial charge in [-0.3, -0.25) is 10.1 Å². The number of Topliss-reactive ketones (excluding diaryl/α,β-unsaturated/α-hetero) is 1. The molecular formula is C15H20N2O3. The molecule has 108 valence electrons. The van der Waals surface area contributed by atoms with Crippen molar-refractivity contribution in [3.63, 3.8) is 0 Å². The summed E-state index contributed by atoms with van der Waals surface area (Å²) in [4.78, 5) is 23.0. The lowest BCUT2D eigenvalue weighted by Crippen LogP contribution is -2.38. The smallest absolute Gasteiger partial charge is 0.411 e. The molecule has 5 nitrogen and oxygen atoms in total. The fourth-order valence-corrected chi connectivity index (χ4v) is 2.21. The van der Waals surface area contributed by atoms with Gasteiger partial charge >= 0.3 is 6.09 Å². The molecule has 1 saturated heterocycles. The highest BCUT2D eigenvalue weighted by atomic mass is 16.5. The van der Waals surface area contributed by atoms with Crippen LogP contribution in [-0.2, 0) is 4.74 Å². The molecule has 1 fully saturated rings. The number of rotatable bonds is 4. The van der Waals surface area contributed by atoms with Crippen LogP contribution in [0.4, 0.5) is 10.5 Å². The van der Waals surface area contributed by atoms with Crippen LogP contribution in [0.25, 0.3) is 0 Å². The van der Waals surface area contributed by atoms with Gasteiger partial charge in [-0.1, -0.05) is 18.6 Å². The monoisotopic (exact) mass is 276 g/mol. The lowest BCUT2D eigenvalue weighted by molar-refractivity contribution is 0.101. The van der Waals surface area contributed by atoms with Crippen molar-refractivity contribution in [1.29, 1.82) is 0 Å². The predicted molar refractivity (Wildman–Crippen MR) is 77.1 cm³/mol. The van der Waals surface area contributed by atoms with Gasteiger partial charge in [-0.2, -0.15) is 0 Å². The molecule has 1 heterocycles. The van der Waals surface area contributed by atoms with Crippen molar-refractivity contribution in [3.8, 4) is 0 Å². The zero-order valence-electron chi connectivity index (χ0n) is 11.6. The molecular weight excluding hydrogens is 256 g/mol. The number of hydrogen-bond donors (Lipinski definition) is 2. The van der Waals surface area contributed by atoms with Crippen LogP contribution in [0.3, 0.4) is 0 Å². The first-order chi connectivity index (χ1) is 9.65. The molecule has 0 aliphatic carbocycles. The molecule has 1 aromatic carbocycles. The fourth-order valence-electron chi connectivity index (χ4n) is 2.21. The molecule has 0 saturated carbocycles. The highest BCUT2D eigenvalue weighted by Gasteiger charge is 2.14. The Morgan fingerprint density at radius 1 is 1.40 bits per heavy atom. The maximum atomic E-state index is 11.7. The number of amides is 1. The first-order valence-electron chi connectivity index (χ1n) is 6.93. The van der Waals surface area contributed by atoms with Crippen molar-refractivity contribution in [1.82, 2.24) is 5.32 Å². The van der Waals surface area contributed by atoms with Crippen LogP contribution in [0.1, 0.15) is 36.5 Å². The predicted octanol–water partition coefficient (Wildman–Crippen LogP) is 2.58. The van der Waals surface area contributed by atoms with Crippen LogP contribution in [0.2, 0.25) is 0 Å². The van der Waals surface area contributed by atoms with E-state index in [0.717, 1.165) is 13.0 Å². The molecule has 1 aromatic rings. The first kappa shape index (κ1) is 14.5. The quantitative estimate of drug-likeness (QED) is 0.829. The molecule has 1 unspecified atom stereocenters. The molecule has 1 amide bonds. The molecule has 1 aliphatic rings. The highest BCUT2D eigenvalue weighted by Crippen LogP contribution is 2.12. The summed E-state index contributed by atoms with van der Waals surface area (Å²) in [6, 6.07) is 7.06. The van der Waals surface area contributed by atoms with Gasteiger partial charge in [-0.15, -0.1) is 0 Å². The number of piperidine rings is 1. The average molecular weight is 276 g/mol. The second-order valence-corrected chi connectivity index (χ2v) is 5.01. The molecule has 1 atom stereocenters. The van der Waals surface area contributed by atoms with Crippen molar-refractivity contribution in [2.45, 2.75) is 32.2 Å². The van der Waals surface area contributed by atoms with Crippen LogP contribution >= 0.6 is 0 Å². The van der Waals surface area contributed by atoms with Gasteiger partial charge in [0.2, 0.25) is 0 Å². The van der Waals surface area contributed by atoms with Crippen LogP contribution in [0.5, 0.6) is 0 Å². The molecule has 5 heteroatoms. The first-order valence-corrected chi connectivity index (χ1v) is 6.93. The number of ether oxygens (including phenoxy) is 1. The van der Waals surface area contributed by atoms with E-state index in [1.54, 1.807) is 24.3 Å². The van der Waals surface area contributed by atoms with Crippen molar-refractivity contribution >= 4 is 17.6 Å². The van der Waals surface area contributed by atoms with Crippen LogP contribution in [0.15, 0.2) is 24.3 Å². The molecule has 0 aromatic heterocycles. The summed E-state index contributed by atoms with van der Waals surface area (Å²) >= 11 is 0. The number of carbonyl (C=O) groups is 2. The van der Waals surface area contributed by atoms with Crippen LogP contribution in [-0.4, -0.2) is 31.1 Å². The molecule has 2 rings (SSSR count). The summed E-state index contributed by atoms with van der Waals surface area (Å²) in [5.74, 6) is -0.0339. The van der Waals surface area contributed by atoms with E-state index in [2.05, 4.69) is 10.6 Å². The third-order valence-electron chi connectivity index (χ3n) is 3.34. The second kappa shape index (κ2) is 7.05.